The van der Waals surface area contributed by atoms with E-state index < -0.39 is 28.5 Å². The number of benzene rings is 3. The summed E-state index contributed by atoms with van der Waals surface area (Å²) in [6, 6.07) is 23.1. The average molecular weight is 550 g/mol. The van der Waals surface area contributed by atoms with Crippen molar-refractivity contribution < 1.29 is 22.7 Å². The van der Waals surface area contributed by atoms with Gasteiger partial charge in [0.05, 0.1) is 17.7 Å². The second kappa shape index (κ2) is 12.8. The van der Waals surface area contributed by atoms with Crippen molar-refractivity contribution in [1.82, 2.24) is 10.2 Å². The molecule has 3 aromatic rings. The molecule has 0 heterocycles. The molecule has 0 spiro atoms. The van der Waals surface area contributed by atoms with Crippen LogP contribution in [0.1, 0.15) is 38.2 Å². The monoisotopic (exact) mass is 549 g/mol. The molecule has 0 radical (unpaired) electrons. The molecule has 2 amide bonds. The Hall–Kier alpha value is -3.85. The lowest BCUT2D eigenvalue weighted by molar-refractivity contribution is -0.139. The van der Waals surface area contributed by atoms with Crippen molar-refractivity contribution in [1.29, 1.82) is 0 Å². The van der Waals surface area contributed by atoms with Crippen molar-refractivity contribution in [3.05, 3.63) is 90.5 Å². The minimum Gasteiger partial charge on any atom is -0.497 e. The third kappa shape index (κ3) is 6.97. The van der Waals surface area contributed by atoms with Gasteiger partial charge in [0, 0.05) is 12.6 Å². The van der Waals surface area contributed by atoms with Gasteiger partial charge in [-0.2, -0.15) is 0 Å². The van der Waals surface area contributed by atoms with Crippen molar-refractivity contribution in [3.63, 3.8) is 0 Å². The van der Waals surface area contributed by atoms with Crippen LogP contribution >= 0.6 is 0 Å². The molecule has 4 rings (SSSR count). The number of rotatable bonds is 11. The van der Waals surface area contributed by atoms with E-state index in [4.69, 9.17) is 4.74 Å². The Morgan fingerprint density at radius 3 is 2.10 bits per heavy atom. The third-order valence-electron chi connectivity index (χ3n) is 7.04. The molecule has 1 fully saturated rings. The van der Waals surface area contributed by atoms with E-state index in [-0.39, 0.29) is 23.4 Å². The molecular weight excluding hydrogens is 514 g/mol. The van der Waals surface area contributed by atoms with Crippen LogP contribution in [0.25, 0.3) is 0 Å². The highest BCUT2D eigenvalue weighted by Gasteiger charge is 2.33. The van der Waals surface area contributed by atoms with Gasteiger partial charge in [-0.15, -0.1) is 0 Å². The van der Waals surface area contributed by atoms with Crippen molar-refractivity contribution in [2.45, 2.75) is 56.1 Å². The number of carbonyl (C=O) groups is 2. The number of amides is 2. The Morgan fingerprint density at radius 2 is 1.51 bits per heavy atom. The van der Waals surface area contributed by atoms with Gasteiger partial charge >= 0.3 is 0 Å². The molecule has 0 aromatic heterocycles. The lowest BCUT2D eigenvalue weighted by Crippen LogP contribution is -2.52. The highest BCUT2D eigenvalue weighted by molar-refractivity contribution is 7.92. The van der Waals surface area contributed by atoms with Crippen LogP contribution in [0.2, 0.25) is 0 Å². The first-order chi connectivity index (χ1) is 18.8. The zero-order valence-corrected chi connectivity index (χ0v) is 23.1. The van der Waals surface area contributed by atoms with Gasteiger partial charge < -0.3 is 15.0 Å². The minimum atomic E-state index is -4.06. The van der Waals surface area contributed by atoms with E-state index in [1.54, 1.807) is 74.7 Å². The third-order valence-corrected chi connectivity index (χ3v) is 8.82. The van der Waals surface area contributed by atoms with Crippen LogP contribution < -0.4 is 14.4 Å². The van der Waals surface area contributed by atoms with Crippen LogP contribution in [0.15, 0.2) is 89.8 Å². The van der Waals surface area contributed by atoms with Gasteiger partial charge in [0.25, 0.3) is 10.0 Å². The topological polar surface area (TPSA) is 96.0 Å². The number of nitrogens with zero attached hydrogens (tertiary/aromatic N) is 2. The summed E-state index contributed by atoms with van der Waals surface area (Å²) in [5, 5.41) is 3.07. The molecule has 3 aromatic carbocycles. The Labute approximate surface area is 230 Å². The maximum Gasteiger partial charge on any atom is 0.264 e. The second-order valence-corrected chi connectivity index (χ2v) is 11.6. The molecule has 1 aliphatic rings. The Balaban J connectivity index is 1.65. The van der Waals surface area contributed by atoms with E-state index in [1.165, 1.54) is 17.0 Å². The predicted octanol–water partition coefficient (Wildman–Crippen LogP) is 4.37. The normalized spacial score (nSPS) is 14.4. The Bertz CT molecular complexity index is 1340. The number of hydrogen-bond acceptors (Lipinski definition) is 5. The van der Waals surface area contributed by atoms with Gasteiger partial charge in [-0.05, 0) is 61.7 Å². The zero-order valence-electron chi connectivity index (χ0n) is 22.3. The number of para-hydroxylation sites is 1. The molecule has 0 saturated heterocycles. The summed E-state index contributed by atoms with van der Waals surface area (Å²) in [6.45, 7) is 1.36. The van der Waals surface area contributed by atoms with E-state index in [0.29, 0.717) is 11.4 Å². The molecule has 206 valence electrons. The summed E-state index contributed by atoms with van der Waals surface area (Å²) in [5.41, 5.74) is 1.16. The van der Waals surface area contributed by atoms with Gasteiger partial charge in [0.15, 0.2) is 0 Å². The fourth-order valence-corrected chi connectivity index (χ4v) is 6.18. The highest BCUT2D eigenvalue weighted by atomic mass is 32.2. The van der Waals surface area contributed by atoms with Crippen LogP contribution in [0, 0.1) is 0 Å². The maximum absolute atomic E-state index is 13.9. The zero-order chi connectivity index (χ0) is 27.8. The van der Waals surface area contributed by atoms with Crippen LogP contribution in [-0.4, -0.2) is 50.9 Å². The van der Waals surface area contributed by atoms with Crippen molar-refractivity contribution in [2.75, 3.05) is 18.0 Å². The summed E-state index contributed by atoms with van der Waals surface area (Å²) < 4.78 is 33.8. The van der Waals surface area contributed by atoms with E-state index in [9.17, 15) is 18.0 Å². The standard InChI is InChI=1S/C30H35N3O5S/c1-23(30(35)31-25-11-9-10-12-25)32(21-24-17-19-27(38-2)20-18-24)29(34)22-33(26-13-5-3-6-14-26)39(36,37)28-15-7-4-8-16-28/h3-8,13-20,23,25H,9-12,21-22H2,1-2H3,(H,31,35)/t23-/m1/s1. The Kier molecular flexibility index (Phi) is 9.24. The van der Waals surface area contributed by atoms with E-state index >= 15 is 0 Å². The lowest BCUT2D eigenvalue weighted by atomic mass is 10.1. The van der Waals surface area contributed by atoms with Crippen LogP contribution in [0.4, 0.5) is 5.69 Å². The summed E-state index contributed by atoms with van der Waals surface area (Å²) in [5.74, 6) is -0.0583. The van der Waals surface area contributed by atoms with E-state index in [0.717, 1.165) is 35.6 Å². The molecule has 1 saturated carbocycles. The molecular formula is C30H35N3O5S. The number of hydrogen-bond donors (Lipinski definition) is 1. The highest BCUT2D eigenvalue weighted by Crippen LogP contribution is 2.25. The smallest absolute Gasteiger partial charge is 0.264 e. The fourth-order valence-electron chi connectivity index (χ4n) is 4.74. The summed E-state index contributed by atoms with van der Waals surface area (Å²) in [7, 11) is -2.49. The number of sulfonamides is 1. The second-order valence-electron chi connectivity index (χ2n) is 9.70. The first-order valence-electron chi connectivity index (χ1n) is 13.1. The van der Waals surface area contributed by atoms with Crippen LogP contribution in [-0.2, 0) is 26.2 Å². The molecule has 8 nitrogen and oxygen atoms in total. The molecule has 1 atom stereocenters. The van der Waals surface area contributed by atoms with E-state index in [1.807, 2.05) is 12.1 Å². The fraction of sp³-hybridized carbons (Fsp3) is 0.333. The van der Waals surface area contributed by atoms with Crippen molar-refractivity contribution >= 4 is 27.5 Å². The molecule has 0 bridgehead atoms. The van der Waals surface area contributed by atoms with Gasteiger partial charge in [-0.3, -0.25) is 13.9 Å². The van der Waals surface area contributed by atoms with Gasteiger partial charge in [-0.1, -0.05) is 61.4 Å². The maximum atomic E-state index is 13.9. The summed E-state index contributed by atoms with van der Waals surface area (Å²) in [4.78, 5) is 28.7. The molecule has 0 unspecified atom stereocenters. The first kappa shape index (κ1) is 28.2. The minimum absolute atomic E-state index is 0.0791. The lowest BCUT2D eigenvalue weighted by Gasteiger charge is -2.32. The molecule has 9 heteroatoms. The largest absolute Gasteiger partial charge is 0.497 e. The predicted molar refractivity (Wildman–Crippen MR) is 151 cm³/mol. The van der Waals surface area contributed by atoms with Gasteiger partial charge in [0.2, 0.25) is 11.8 Å². The summed E-state index contributed by atoms with van der Waals surface area (Å²) >= 11 is 0. The Morgan fingerprint density at radius 1 is 0.923 bits per heavy atom. The van der Waals surface area contributed by atoms with Crippen LogP contribution in [0.3, 0.4) is 0 Å². The van der Waals surface area contributed by atoms with Crippen molar-refractivity contribution in [2.24, 2.45) is 0 Å². The quantitative estimate of drug-likeness (QED) is 0.383. The van der Waals surface area contributed by atoms with Crippen LogP contribution in [0.5, 0.6) is 5.75 Å². The molecule has 0 aliphatic heterocycles. The SMILES string of the molecule is COc1ccc(CN(C(=O)CN(c2ccccc2)S(=O)(=O)c2ccccc2)[C@H](C)C(=O)NC2CCCC2)cc1. The molecule has 1 aliphatic carbocycles. The first-order valence-corrected chi connectivity index (χ1v) is 14.6. The summed E-state index contributed by atoms with van der Waals surface area (Å²) in [6.07, 6.45) is 3.97. The average Bonchev–Trinajstić information content (AvgIpc) is 3.48. The number of ether oxygens (including phenoxy) is 1. The number of nitrogens with one attached hydrogen (secondary N) is 1. The van der Waals surface area contributed by atoms with Gasteiger partial charge in [-0.25, -0.2) is 8.42 Å². The van der Waals surface area contributed by atoms with Crippen molar-refractivity contribution in [3.8, 4) is 5.75 Å². The number of methoxy groups -OCH3 is 1. The van der Waals surface area contributed by atoms with Gasteiger partial charge in [0.1, 0.15) is 18.3 Å². The van der Waals surface area contributed by atoms with E-state index in [2.05, 4.69) is 5.32 Å². The number of anilines is 1. The molecule has 39 heavy (non-hydrogen) atoms. The molecule has 1 N–H and O–H groups in total. The number of carbonyl (C=O) groups excluding carboxylic acids is 2.